The molecule has 122 valence electrons. The molecule has 1 fully saturated rings. The molecular weight excluding hydrogens is 387 g/mol. The largest absolute Gasteiger partial charge is 0.374 e. The second-order valence-electron chi connectivity index (χ2n) is 6.37. The second kappa shape index (κ2) is 8.04. The number of rotatable bonds is 4. The van der Waals surface area contributed by atoms with Gasteiger partial charge < -0.3 is 16.0 Å². The maximum Gasteiger partial charge on any atom is 0.188 e. The Bertz CT molecular complexity index is 525. The first-order chi connectivity index (χ1) is 10.2. The molecule has 1 aliphatic carbocycles. The Morgan fingerprint density at radius 3 is 2.91 bits per heavy atom. The van der Waals surface area contributed by atoms with Gasteiger partial charge in [0.15, 0.2) is 5.96 Å². The Hall–Kier alpha value is -0.980. The number of hydrogen-bond acceptors (Lipinski definition) is 2. The summed E-state index contributed by atoms with van der Waals surface area (Å²) in [6.45, 7) is 2.80. The van der Waals surface area contributed by atoms with Crippen molar-refractivity contribution in [1.29, 1.82) is 0 Å². The highest BCUT2D eigenvalue weighted by Crippen LogP contribution is 2.27. The lowest BCUT2D eigenvalue weighted by Gasteiger charge is -2.27. The number of guanidine groups is 1. The molecule has 0 aromatic heterocycles. The highest BCUT2D eigenvalue weighted by molar-refractivity contribution is 14.0. The van der Waals surface area contributed by atoms with Crippen molar-refractivity contribution >= 4 is 35.6 Å². The van der Waals surface area contributed by atoms with Gasteiger partial charge in [0.25, 0.3) is 0 Å². The predicted molar refractivity (Wildman–Crippen MR) is 104 cm³/mol. The quantitative estimate of drug-likeness (QED) is 0.453. The van der Waals surface area contributed by atoms with E-state index in [4.69, 9.17) is 5.73 Å². The van der Waals surface area contributed by atoms with Gasteiger partial charge in [-0.15, -0.1) is 24.0 Å². The molecule has 1 aromatic carbocycles. The Morgan fingerprint density at radius 1 is 1.36 bits per heavy atom. The van der Waals surface area contributed by atoms with Crippen LogP contribution in [-0.4, -0.2) is 26.1 Å². The fourth-order valence-electron chi connectivity index (χ4n) is 3.12. The molecule has 4 nitrogen and oxygen atoms in total. The zero-order valence-electron chi connectivity index (χ0n) is 13.3. The molecule has 0 unspecified atom stereocenters. The summed E-state index contributed by atoms with van der Waals surface area (Å²) < 4.78 is 0. The van der Waals surface area contributed by atoms with Crippen LogP contribution in [0.4, 0.5) is 5.69 Å². The van der Waals surface area contributed by atoms with Crippen LogP contribution in [0.2, 0.25) is 0 Å². The first kappa shape index (κ1) is 17.4. The lowest BCUT2D eigenvalue weighted by atomic mass is 9.85. The molecule has 0 atom stereocenters. The molecule has 3 rings (SSSR count). The number of hydrogen-bond donors (Lipinski definition) is 2. The van der Waals surface area contributed by atoms with Crippen LogP contribution >= 0.6 is 24.0 Å². The molecule has 0 radical (unpaired) electrons. The molecule has 0 saturated heterocycles. The van der Waals surface area contributed by atoms with Gasteiger partial charge in [-0.25, -0.2) is 4.99 Å². The number of aryl methyl sites for hydroxylation is 1. The van der Waals surface area contributed by atoms with E-state index >= 15 is 0 Å². The summed E-state index contributed by atoms with van der Waals surface area (Å²) in [5.41, 5.74) is 9.99. The van der Waals surface area contributed by atoms with E-state index in [-0.39, 0.29) is 24.0 Å². The average Bonchev–Trinajstić information content (AvgIpc) is 2.43. The molecular formula is C17H27IN4. The van der Waals surface area contributed by atoms with Crippen molar-refractivity contribution in [2.24, 2.45) is 16.6 Å². The van der Waals surface area contributed by atoms with Gasteiger partial charge in [-0.3, -0.25) is 0 Å². The van der Waals surface area contributed by atoms with Crippen LogP contribution in [0.25, 0.3) is 0 Å². The zero-order chi connectivity index (χ0) is 14.7. The summed E-state index contributed by atoms with van der Waals surface area (Å²) in [4.78, 5) is 6.80. The monoisotopic (exact) mass is 414 g/mol. The molecule has 5 heteroatoms. The van der Waals surface area contributed by atoms with Gasteiger partial charge in [0.1, 0.15) is 0 Å². The Morgan fingerprint density at radius 2 is 2.18 bits per heavy atom. The number of benzene rings is 1. The third kappa shape index (κ3) is 4.27. The molecule has 2 aliphatic rings. The number of nitrogens with zero attached hydrogens (tertiary/aromatic N) is 2. The lowest BCUT2D eigenvalue weighted by Crippen LogP contribution is -2.37. The standard InChI is InChI=1S/C17H26N4.HI/c1-21-9-3-6-15-10-14(7-8-16(15)21)12-20-17(18)19-11-13-4-2-5-13;/h7-8,10,13H,2-6,9,11-12H2,1H3,(H3,18,19,20);1H. The van der Waals surface area contributed by atoms with Crippen molar-refractivity contribution in [3.8, 4) is 0 Å². The van der Waals surface area contributed by atoms with E-state index in [1.54, 1.807) is 0 Å². The molecule has 1 aliphatic heterocycles. The van der Waals surface area contributed by atoms with Crippen molar-refractivity contribution in [2.45, 2.75) is 38.6 Å². The molecule has 0 spiro atoms. The third-order valence-corrected chi connectivity index (χ3v) is 4.72. The van der Waals surface area contributed by atoms with Crippen LogP contribution < -0.4 is 16.0 Å². The highest BCUT2D eigenvalue weighted by Gasteiger charge is 2.17. The molecule has 1 heterocycles. The minimum Gasteiger partial charge on any atom is -0.374 e. The maximum atomic E-state index is 5.94. The van der Waals surface area contributed by atoms with Gasteiger partial charge >= 0.3 is 0 Å². The molecule has 0 bridgehead atoms. The van der Waals surface area contributed by atoms with Crippen LogP contribution in [0.1, 0.15) is 36.8 Å². The summed E-state index contributed by atoms with van der Waals surface area (Å²) in [5, 5.41) is 3.24. The first-order valence-electron chi connectivity index (χ1n) is 8.09. The van der Waals surface area contributed by atoms with Gasteiger partial charge in [-0.05, 0) is 48.8 Å². The fraction of sp³-hybridized carbons (Fsp3) is 0.588. The van der Waals surface area contributed by atoms with Crippen molar-refractivity contribution in [3.05, 3.63) is 29.3 Å². The van der Waals surface area contributed by atoms with Crippen LogP contribution in [0.3, 0.4) is 0 Å². The van der Waals surface area contributed by atoms with Crippen LogP contribution in [-0.2, 0) is 13.0 Å². The van der Waals surface area contributed by atoms with E-state index < -0.39 is 0 Å². The maximum absolute atomic E-state index is 5.94. The first-order valence-corrected chi connectivity index (χ1v) is 8.09. The summed E-state index contributed by atoms with van der Waals surface area (Å²) >= 11 is 0. The summed E-state index contributed by atoms with van der Waals surface area (Å²) in [6.07, 6.45) is 6.44. The Labute approximate surface area is 150 Å². The molecule has 3 N–H and O–H groups in total. The Balaban J connectivity index is 0.00000176. The van der Waals surface area contributed by atoms with Gasteiger partial charge in [0.2, 0.25) is 0 Å². The van der Waals surface area contributed by atoms with Crippen LogP contribution in [0, 0.1) is 5.92 Å². The van der Waals surface area contributed by atoms with E-state index in [1.165, 1.54) is 48.9 Å². The van der Waals surface area contributed by atoms with E-state index in [0.717, 1.165) is 19.0 Å². The smallest absolute Gasteiger partial charge is 0.188 e. The minimum atomic E-state index is 0. The molecule has 0 amide bonds. The second-order valence-corrected chi connectivity index (χ2v) is 6.37. The van der Waals surface area contributed by atoms with Crippen molar-refractivity contribution in [1.82, 2.24) is 5.32 Å². The van der Waals surface area contributed by atoms with Gasteiger partial charge in [-0.2, -0.15) is 0 Å². The summed E-state index contributed by atoms with van der Waals surface area (Å²) in [5.74, 6) is 1.38. The third-order valence-electron chi connectivity index (χ3n) is 4.72. The highest BCUT2D eigenvalue weighted by atomic mass is 127. The summed E-state index contributed by atoms with van der Waals surface area (Å²) in [7, 11) is 2.16. The van der Waals surface area contributed by atoms with E-state index in [9.17, 15) is 0 Å². The predicted octanol–water partition coefficient (Wildman–Crippen LogP) is 2.89. The van der Waals surface area contributed by atoms with E-state index in [0.29, 0.717) is 12.5 Å². The van der Waals surface area contributed by atoms with Gasteiger partial charge in [-0.1, -0.05) is 18.6 Å². The SMILES string of the molecule is CN1CCCc2cc(CN=C(N)NCC3CCC3)ccc21.I. The fourth-order valence-corrected chi connectivity index (χ4v) is 3.12. The van der Waals surface area contributed by atoms with Crippen LogP contribution in [0.5, 0.6) is 0 Å². The summed E-state index contributed by atoms with van der Waals surface area (Å²) in [6, 6.07) is 6.67. The number of anilines is 1. The lowest BCUT2D eigenvalue weighted by molar-refractivity contribution is 0.315. The topological polar surface area (TPSA) is 53.6 Å². The number of nitrogens with one attached hydrogen (secondary N) is 1. The van der Waals surface area contributed by atoms with Gasteiger partial charge in [0.05, 0.1) is 6.54 Å². The van der Waals surface area contributed by atoms with E-state index in [1.807, 2.05) is 0 Å². The zero-order valence-corrected chi connectivity index (χ0v) is 15.7. The Kier molecular flexibility index (Phi) is 6.35. The van der Waals surface area contributed by atoms with Gasteiger partial charge in [0, 0.05) is 25.8 Å². The van der Waals surface area contributed by atoms with Crippen LogP contribution in [0.15, 0.2) is 23.2 Å². The average molecular weight is 414 g/mol. The number of fused-ring (bicyclic) bond motifs is 1. The molecule has 1 saturated carbocycles. The molecule has 22 heavy (non-hydrogen) atoms. The number of halogens is 1. The van der Waals surface area contributed by atoms with Crippen molar-refractivity contribution in [3.63, 3.8) is 0 Å². The van der Waals surface area contributed by atoms with E-state index in [2.05, 4.69) is 40.5 Å². The molecule has 1 aromatic rings. The minimum absolute atomic E-state index is 0. The van der Waals surface area contributed by atoms with Crippen molar-refractivity contribution < 1.29 is 0 Å². The number of aliphatic imine (C=N–C) groups is 1. The number of nitrogens with two attached hydrogens (primary N) is 1. The van der Waals surface area contributed by atoms with Crippen molar-refractivity contribution in [2.75, 3.05) is 25.0 Å². The normalized spacial score (nSPS) is 18.2.